The molecule has 0 aliphatic carbocycles. The van der Waals surface area contributed by atoms with E-state index in [0.717, 1.165) is 12.8 Å². The first-order valence-electron chi connectivity index (χ1n) is 6.38. The molecule has 4 nitrogen and oxygen atoms in total. The van der Waals surface area contributed by atoms with Crippen LogP contribution in [-0.4, -0.2) is 23.0 Å². The van der Waals surface area contributed by atoms with E-state index in [0.29, 0.717) is 5.92 Å². The minimum absolute atomic E-state index is 0.0423. The van der Waals surface area contributed by atoms with Gasteiger partial charge in [-0.1, -0.05) is 33.6 Å². The monoisotopic (exact) mass is 243 g/mol. The molecule has 0 heterocycles. The summed E-state index contributed by atoms with van der Waals surface area (Å²) in [5.41, 5.74) is 0. The molecule has 100 valence electrons. The Balaban J connectivity index is 4.38. The summed E-state index contributed by atoms with van der Waals surface area (Å²) >= 11 is 0. The van der Waals surface area contributed by atoms with Crippen LogP contribution in [0.5, 0.6) is 0 Å². The fraction of sp³-hybridized carbons (Fsp3) is 0.846. The Labute approximate surface area is 104 Å². The number of aliphatic carboxylic acids is 1. The van der Waals surface area contributed by atoms with Gasteiger partial charge in [-0.25, -0.2) is 0 Å². The van der Waals surface area contributed by atoms with Crippen LogP contribution in [0.25, 0.3) is 0 Å². The van der Waals surface area contributed by atoms with Crippen molar-refractivity contribution in [2.45, 2.75) is 53.5 Å². The van der Waals surface area contributed by atoms with Crippen LogP contribution >= 0.6 is 0 Å². The first kappa shape index (κ1) is 15.9. The fourth-order valence-corrected chi connectivity index (χ4v) is 1.90. The van der Waals surface area contributed by atoms with E-state index in [4.69, 9.17) is 5.11 Å². The molecule has 0 aromatic carbocycles. The van der Waals surface area contributed by atoms with Gasteiger partial charge in [0, 0.05) is 12.0 Å². The number of carboxylic acids is 1. The van der Waals surface area contributed by atoms with Crippen LogP contribution in [0.15, 0.2) is 0 Å². The summed E-state index contributed by atoms with van der Waals surface area (Å²) in [6.07, 6.45) is 1.93. The van der Waals surface area contributed by atoms with E-state index in [1.165, 1.54) is 0 Å². The molecule has 2 N–H and O–H groups in total. The normalized spacial score (nSPS) is 16.4. The summed E-state index contributed by atoms with van der Waals surface area (Å²) in [5, 5.41) is 11.6. The molecule has 17 heavy (non-hydrogen) atoms. The van der Waals surface area contributed by atoms with E-state index in [1.54, 1.807) is 13.8 Å². The predicted molar refractivity (Wildman–Crippen MR) is 67.6 cm³/mol. The SMILES string of the molecule is CCC(CC)C(C)C(=O)NC(C)C(C)C(=O)O. The lowest BCUT2D eigenvalue weighted by Gasteiger charge is -2.24. The molecule has 0 aromatic rings. The van der Waals surface area contributed by atoms with Gasteiger partial charge < -0.3 is 10.4 Å². The third-order valence-corrected chi connectivity index (χ3v) is 3.68. The summed E-state index contributed by atoms with van der Waals surface area (Å²) in [5.74, 6) is -1.18. The van der Waals surface area contributed by atoms with Crippen LogP contribution in [0.1, 0.15) is 47.5 Å². The lowest BCUT2D eigenvalue weighted by atomic mass is 9.88. The Morgan fingerprint density at radius 3 is 1.88 bits per heavy atom. The van der Waals surface area contributed by atoms with Gasteiger partial charge in [0.25, 0.3) is 0 Å². The summed E-state index contributed by atoms with van der Waals surface area (Å²) in [6.45, 7) is 9.39. The molecule has 0 spiro atoms. The molecule has 0 aliphatic heterocycles. The highest BCUT2D eigenvalue weighted by molar-refractivity contribution is 5.80. The van der Waals surface area contributed by atoms with Crippen molar-refractivity contribution in [2.24, 2.45) is 17.8 Å². The first-order valence-corrected chi connectivity index (χ1v) is 6.38. The standard InChI is InChI=1S/C13H25NO3/c1-6-11(7-2)9(4)12(15)14-10(5)8(3)13(16)17/h8-11H,6-7H2,1-5H3,(H,14,15)(H,16,17). The Bertz CT molecular complexity index is 261. The Kier molecular flexibility index (Phi) is 6.85. The zero-order valence-corrected chi connectivity index (χ0v) is 11.5. The third-order valence-electron chi connectivity index (χ3n) is 3.68. The first-order chi connectivity index (χ1) is 7.84. The van der Waals surface area contributed by atoms with Gasteiger partial charge in [0.15, 0.2) is 0 Å². The van der Waals surface area contributed by atoms with E-state index in [2.05, 4.69) is 19.2 Å². The number of carboxylic acid groups (broad SMARTS) is 1. The zero-order chi connectivity index (χ0) is 13.6. The molecule has 0 bridgehead atoms. The van der Waals surface area contributed by atoms with Crippen LogP contribution in [0.3, 0.4) is 0 Å². The van der Waals surface area contributed by atoms with E-state index >= 15 is 0 Å². The second-order valence-corrected chi connectivity index (χ2v) is 4.79. The molecular formula is C13H25NO3. The van der Waals surface area contributed by atoms with Crippen molar-refractivity contribution in [1.82, 2.24) is 5.32 Å². The van der Waals surface area contributed by atoms with Gasteiger partial charge in [0.05, 0.1) is 5.92 Å². The molecule has 0 saturated heterocycles. The highest BCUT2D eigenvalue weighted by atomic mass is 16.4. The van der Waals surface area contributed by atoms with Crippen molar-refractivity contribution in [3.05, 3.63) is 0 Å². The molecular weight excluding hydrogens is 218 g/mol. The number of nitrogens with one attached hydrogen (secondary N) is 1. The van der Waals surface area contributed by atoms with E-state index in [1.807, 2.05) is 6.92 Å². The van der Waals surface area contributed by atoms with Gasteiger partial charge in [-0.15, -0.1) is 0 Å². The van der Waals surface area contributed by atoms with Gasteiger partial charge >= 0.3 is 5.97 Å². The molecule has 0 rings (SSSR count). The molecule has 1 amide bonds. The van der Waals surface area contributed by atoms with Gasteiger partial charge in [-0.05, 0) is 19.8 Å². The molecule has 4 heteroatoms. The smallest absolute Gasteiger partial charge is 0.308 e. The molecule has 0 radical (unpaired) electrons. The lowest BCUT2D eigenvalue weighted by molar-refractivity contribution is -0.142. The highest BCUT2D eigenvalue weighted by Gasteiger charge is 2.26. The number of carbonyl (C=O) groups is 2. The maximum absolute atomic E-state index is 11.9. The van der Waals surface area contributed by atoms with Crippen molar-refractivity contribution in [3.8, 4) is 0 Å². The van der Waals surface area contributed by atoms with Gasteiger partial charge in [0.2, 0.25) is 5.91 Å². The van der Waals surface area contributed by atoms with Crippen molar-refractivity contribution in [3.63, 3.8) is 0 Å². The van der Waals surface area contributed by atoms with Gasteiger partial charge in [-0.3, -0.25) is 9.59 Å². The Morgan fingerprint density at radius 2 is 1.53 bits per heavy atom. The Morgan fingerprint density at radius 1 is 1.06 bits per heavy atom. The van der Waals surface area contributed by atoms with E-state index in [9.17, 15) is 9.59 Å². The maximum atomic E-state index is 11.9. The molecule has 3 unspecified atom stereocenters. The zero-order valence-electron chi connectivity index (χ0n) is 11.5. The van der Waals surface area contributed by atoms with E-state index in [-0.39, 0.29) is 17.9 Å². The average Bonchev–Trinajstić information content (AvgIpc) is 2.28. The third kappa shape index (κ3) is 4.75. The van der Waals surface area contributed by atoms with E-state index < -0.39 is 11.9 Å². The molecule has 0 fully saturated rings. The van der Waals surface area contributed by atoms with Crippen LogP contribution in [0.4, 0.5) is 0 Å². The van der Waals surface area contributed by atoms with Crippen molar-refractivity contribution in [1.29, 1.82) is 0 Å². The summed E-state index contributed by atoms with van der Waals surface area (Å²) in [4.78, 5) is 22.7. The number of amides is 1. The molecule has 0 aliphatic rings. The molecule has 0 aromatic heterocycles. The number of hydrogen-bond donors (Lipinski definition) is 2. The predicted octanol–water partition coefficient (Wildman–Crippen LogP) is 2.28. The van der Waals surface area contributed by atoms with Crippen molar-refractivity contribution >= 4 is 11.9 Å². The number of hydrogen-bond acceptors (Lipinski definition) is 2. The van der Waals surface area contributed by atoms with Crippen LogP contribution < -0.4 is 5.32 Å². The fourth-order valence-electron chi connectivity index (χ4n) is 1.90. The second-order valence-electron chi connectivity index (χ2n) is 4.79. The quantitative estimate of drug-likeness (QED) is 0.721. The lowest BCUT2D eigenvalue weighted by Crippen LogP contribution is -2.43. The second kappa shape index (κ2) is 7.30. The topological polar surface area (TPSA) is 66.4 Å². The minimum Gasteiger partial charge on any atom is -0.481 e. The Hall–Kier alpha value is -1.06. The summed E-state index contributed by atoms with van der Waals surface area (Å²) in [7, 11) is 0. The van der Waals surface area contributed by atoms with Crippen molar-refractivity contribution < 1.29 is 14.7 Å². The summed E-state index contributed by atoms with van der Waals surface area (Å²) in [6, 6.07) is -0.336. The van der Waals surface area contributed by atoms with Crippen LogP contribution in [0.2, 0.25) is 0 Å². The van der Waals surface area contributed by atoms with Crippen LogP contribution in [-0.2, 0) is 9.59 Å². The summed E-state index contributed by atoms with van der Waals surface area (Å²) < 4.78 is 0. The van der Waals surface area contributed by atoms with Crippen molar-refractivity contribution in [2.75, 3.05) is 0 Å². The minimum atomic E-state index is -0.881. The number of carbonyl (C=O) groups excluding carboxylic acids is 1. The number of rotatable bonds is 7. The molecule has 3 atom stereocenters. The maximum Gasteiger partial charge on any atom is 0.308 e. The van der Waals surface area contributed by atoms with Gasteiger partial charge in [-0.2, -0.15) is 0 Å². The molecule has 0 saturated carbocycles. The average molecular weight is 243 g/mol. The highest BCUT2D eigenvalue weighted by Crippen LogP contribution is 2.19. The van der Waals surface area contributed by atoms with Crippen LogP contribution in [0, 0.1) is 17.8 Å². The van der Waals surface area contributed by atoms with Gasteiger partial charge in [0.1, 0.15) is 0 Å². The largest absolute Gasteiger partial charge is 0.481 e.